The molecule has 0 spiro atoms. The lowest BCUT2D eigenvalue weighted by molar-refractivity contribution is -0.193. The number of rotatable bonds is 6. The van der Waals surface area contributed by atoms with Gasteiger partial charge in [-0.1, -0.05) is 29.3 Å². The second kappa shape index (κ2) is 8.36. The van der Waals surface area contributed by atoms with Gasteiger partial charge in [0.1, 0.15) is 5.78 Å². The van der Waals surface area contributed by atoms with E-state index in [0.29, 0.717) is 48.2 Å². The minimum Gasteiger partial charge on any atom is -0.334 e. The number of ether oxygens (including phenoxy) is 2. The van der Waals surface area contributed by atoms with Gasteiger partial charge >= 0.3 is 0 Å². The van der Waals surface area contributed by atoms with Crippen molar-refractivity contribution in [2.75, 3.05) is 27.2 Å². The van der Waals surface area contributed by atoms with Gasteiger partial charge < -0.3 is 14.4 Å². The van der Waals surface area contributed by atoms with E-state index in [9.17, 15) is 4.79 Å². The minimum absolute atomic E-state index is 0.00325. The maximum absolute atomic E-state index is 11.7. The van der Waals surface area contributed by atoms with E-state index in [4.69, 9.17) is 32.7 Å². The highest BCUT2D eigenvalue weighted by atomic mass is 35.5. The minimum atomic E-state index is -0.902. The van der Waals surface area contributed by atoms with Gasteiger partial charge in [-0.05, 0) is 51.6 Å². The molecule has 1 N–H and O–H groups in total. The number of likely N-dealkylation sites (N-methyl/N-ethyl adjacent to an activating group) is 1. The Bertz CT molecular complexity index is 688. The first-order chi connectivity index (χ1) is 12.7. The largest absolute Gasteiger partial charge is 0.334 e. The molecule has 2 aliphatic rings. The van der Waals surface area contributed by atoms with Crippen molar-refractivity contribution in [1.82, 2.24) is 10.2 Å². The third-order valence-electron chi connectivity index (χ3n) is 5.74. The Labute approximate surface area is 171 Å². The van der Waals surface area contributed by atoms with Crippen molar-refractivity contribution < 1.29 is 14.3 Å². The van der Waals surface area contributed by atoms with Crippen molar-refractivity contribution in [2.24, 2.45) is 0 Å². The van der Waals surface area contributed by atoms with Crippen LogP contribution in [0, 0.1) is 0 Å². The van der Waals surface area contributed by atoms with Crippen molar-refractivity contribution in [3.63, 3.8) is 0 Å². The fourth-order valence-electron chi connectivity index (χ4n) is 3.89. The fourth-order valence-corrected chi connectivity index (χ4v) is 4.21. The Hall–Kier alpha value is -0.690. The quantitative estimate of drug-likeness (QED) is 0.769. The van der Waals surface area contributed by atoms with Gasteiger partial charge in [0.05, 0.1) is 22.8 Å². The molecule has 1 aromatic carbocycles. The summed E-state index contributed by atoms with van der Waals surface area (Å²) < 4.78 is 12.2. The number of nitrogens with one attached hydrogen (secondary N) is 1. The third-order valence-corrected chi connectivity index (χ3v) is 6.48. The van der Waals surface area contributed by atoms with Gasteiger partial charge in [-0.2, -0.15) is 0 Å². The summed E-state index contributed by atoms with van der Waals surface area (Å²) in [5.74, 6) is -0.555. The maximum Gasteiger partial charge on any atom is 0.232 e. The molecule has 2 atom stereocenters. The van der Waals surface area contributed by atoms with Crippen LogP contribution < -0.4 is 5.32 Å². The second-order valence-corrected chi connectivity index (χ2v) is 8.74. The number of nitrogens with zero attached hydrogens (tertiary/aromatic N) is 1. The van der Waals surface area contributed by atoms with Gasteiger partial charge in [-0.25, -0.2) is 0 Å². The Morgan fingerprint density at radius 2 is 1.93 bits per heavy atom. The highest BCUT2D eigenvalue weighted by molar-refractivity contribution is 6.42. The molecule has 7 heteroatoms. The zero-order chi connectivity index (χ0) is 19.7. The van der Waals surface area contributed by atoms with E-state index >= 15 is 0 Å². The molecule has 1 aliphatic heterocycles. The predicted molar refractivity (Wildman–Crippen MR) is 107 cm³/mol. The molecule has 0 bridgehead atoms. The van der Waals surface area contributed by atoms with E-state index in [0.717, 1.165) is 18.4 Å². The molecule has 150 valence electrons. The molecule has 0 aromatic heterocycles. The fraction of sp³-hybridized carbons (Fsp3) is 0.650. The highest BCUT2D eigenvalue weighted by Crippen LogP contribution is 2.33. The van der Waals surface area contributed by atoms with Crippen molar-refractivity contribution in [3.8, 4) is 0 Å². The lowest BCUT2D eigenvalue weighted by Crippen LogP contribution is -2.60. The number of ketones is 1. The van der Waals surface area contributed by atoms with Gasteiger partial charge in [-0.3, -0.25) is 10.1 Å². The molecule has 1 saturated carbocycles. The molecule has 27 heavy (non-hydrogen) atoms. The molecule has 0 radical (unpaired) electrons. The van der Waals surface area contributed by atoms with Crippen molar-refractivity contribution >= 4 is 29.0 Å². The lowest BCUT2D eigenvalue weighted by atomic mass is 9.80. The molecule has 0 amide bonds. The van der Waals surface area contributed by atoms with Gasteiger partial charge in [0, 0.05) is 31.3 Å². The molecule has 2 unspecified atom stereocenters. The number of carbonyl (C=O) groups excluding carboxylic acids is 1. The summed E-state index contributed by atoms with van der Waals surface area (Å²) >= 11 is 12.2. The van der Waals surface area contributed by atoms with Gasteiger partial charge in [0.25, 0.3) is 0 Å². The summed E-state index contributed by atoms with van der Waals surface area (Å²) in [6, 6.07) is 5.58. The molecule has 1 saturated heterocycles. The zero-order valence-corrected chi connectivity index (χ0v) is 17.7. The maximum atomic E-state index is 11.7. The highest BCUT2D eigenvalue weighted by Gasteiger charge is 2.44. The second-order valence-electron chi connectivity index (χ2n) is 7.93. The van der Waals surface area contributed by atoms with E-state index in [1.807, 2.05) is 19.1 Å². The van der Waals surface area contributed by atoms with Crippen LogP contribution >= 0.6 is 23.2 Å². The first-order valence-corrected chi connectivity index (χ1v) is 10.2. The summed E-state index contributed by atoms with van der Waals surface area (Å²) in [5.41, 5.74) is 0.903. The van der Waals surface area contributed by atoms with Crippen LogP contribution in [0.2, 0.25) is 10.0 Å². The van der Waals surface area contributed by atoms with E-state index in [1.54, 1.807) is 6.07 Å². The van der Waals surface area contributed by atoms with Crippen LogP contribution in [-0.4, -0.2) is 55.5 Å². The molecule has 1 aliphatic carbocycles. The van der Waals surface area contributed by atoms with Crippen LogP contribution in [0.1, 0.15) is 38.2 Å². The summed E-state index contributed by atoms with van der Waals surface area (Å²) in [5, 5.41) is 4.59. The van der Waals surface area contributed by atoms with E-state index in [1.165, 1.54) is 0 Å². The molecular weight excluding hydrogens is 387 g/mol. The summed E-state index contributed by atoms with van der Waals surface area (Å²) in [4.78, 5) is 13.9. The Morgan fingerprint density at radius 1 is 1.22 bits per heavy atom. The number of hydrogen-bond acceptors (Lipinski definition) is 5. The Kier molecular flexibility index (Phi) is 6.51. The van der Waals surface area contributed by atoms with Crippen LogP contribution in [0.3, 0.4) is 0 Å². The Balaban J connectivity index is 1.76. The van der Waals surface area contributed by atoms with Crippen LogP contribution in [-0.2, 0) is 20.7 Å². The summed E-state index contributed by atoms with van der Waals surface area (Å²) in [7, 11) is 4.14. The first kappa shape index (κ1) is 21.0. The number of carbonyl (C=O) groups is 1. The first-order valence-electron chi connectivity index (χ1n) is 9.43. The van der Waals surface area contributed by atoms with Gasteiger partial charge in [0.2, 0.25) is 5.91 Å². The molecule has 5 nitrogen and oxygen atoms in total. The van der Waals surface area contributed by atoms with Crippen molar-refractivity contribution in [1.29, 1.82) is 0 Å². The van der Waals surface area contributed by atoms with Crippen LogP contribution in [0.25, 0.3) is 0 Å². The Morgan fingerprint density at radius 3 is 2.48 bits per heavy atom. The summed E-state index contributed by atoms with van der Waals surface area (Å²) in [6.07, 6.45) is 3.45. The van der Waals surface area contributed by atoms with E-state index in [-0.39, 0.29) is 11.6 Å². The van der Waals surface area contributed by atoms with Crippen molar-refractivity contribution in [2.45, 2.75) is 56.6 Å². The number of halogens is 2. The van der Waals surface area contributed by atoms with E-state index < -0.39 is 5.91 Å². The van der Waals surface area contributed by atoms with Crippen LogP contribution in [0.4, 0.5) is 0 Å². The number of Topliss-reactive ketones (excluding diaryl/α,β-unsaturated/α-hetero) is 1. The molecular formula is C20H28Cl2N2O3. The monoisotopic (exact) mass is 414 g/mol. The van der Waals surface area contributed by atoms with Gasteiger partial charge in [0.15, 0.2) is 0 Å². The van der Waals surface area contributed by atoms with Gasteiger partial charge in [-0.15, -0.1) is 0 Å². The number of hydrogen-bond donors (Lipinski definition) is 1. The zero-order valence-electron chi connectivity index (χ0n) is 16.2. The van der Waals surface area contributed by atoms with Crippen LogP contribution in [0.5, 0.6) is 0 Å². The predicted octanol–water partition coefficient (Wildman–Crippen LogP) is 3.66. The van der Waals surface area contributed by atoms with Crippen molar-refractivity contribution in [3.05, 3.63) is 33.8 Å². The molecule has 1 aromatic rings. The number of benzene rings is 1. The average Bonchev–Trinajstić information content (AvgIpc) is 2.99. The normalized spacial score (nSPS) is 28.1. The third kappa shape index (κ3) is 4.84. The molecule has 1 heterocycles. The molecule has 2 fully saturated rings. The topological polar surface area (TPSA) is 50.8 Å². The smallest absolute Gasteiger partial charge is 0.232 e. The SMILES string of the molecule is CC1COC(Cc2ccc(Cl)c(Cl)c2)(NCC2(N(C)C)CCC(=O)CC2)O1. The van der Waals surface area contributed by atoms with Crippen LogP contribution in [0.15, 0.2) is 18.2 Å². The molecule has 3 rings (SSSR count). The standard InChI is InChI=1S/C20H28Cl2N2O3/c1-14-12-26-20(27-14,11-15-4-5-17(21)18(22)10-15)23-13-19(24(2)3)8-6-16(25)7-9-19/h4-5,10,14,23H,6-9,11-13H2,1-3H3. The average molecular weight is 415 g/mol. The summed E-state index contributed by atoms with van der Waals surface area (Å²) in [6.45, 7) is 3.21. The lowest BCUT2D eigenvalue weighted by Gasteiger charge is -2.44. The van der Waals surface area contributed by atoms with E-state index in [2.05, 4.69) is 24.3 Å².